The van der Waals surface area contributed by atoms with E-state index in [1.165, 1.54) is 43.3 Å². The van der Waals surface area contributed by atoms with Crippen molar-refractivity contribution in [1.82, 2.24) is 20.2 Å². The molecule has 2 aromatic rings. The number of anilines is 1. The first-order chi connectivity index (χ1) is 15.3. The number of methoxy groups -OCH3 is 1. The molecule has 4 atom stereocenters. The molecule has 0 spiro atoms. The number of amides is 2. The molecule has 4 rings (SSSR count). The standard InChI is InChI=1S/C19H21N5O5S3/c1-9(25)22-17-19(18(27)28,8-31-14-13(20)21-6-11(23-14)29-2)7-24-15(26)12(16(24)32-17)10-4-3-5-30-10/h3-6,12,16-17H,7-8H2,1-2H3,(H2,20,21)(H,22,25)(H,27,28)/t12?,16-,17?,19?/m1/s1. The van der Waals surface area contributed by atoms with Crippen LogP contribution >= 0.6 is 34.9 Å². The van der Waals surface area contributed by atoms with Gasteiger partial charge in [-0.1, -0.05) is 6.07 Å². The molecule has 4 heterocycles. The van der Waals surface area contributed by atoms with Gasteiger partial charge in [0.25, 0.3) is 0 Å². The van der Waals surface area contributed by atoms with Gasteiger partial charge >= 0.3 is 5.97 Å². The van der Waals surface area contributed by atoms with Crippen LogP contribution in [0.4, 0.5) is 5.82 Å². The van der Waals surface area contributed by atoms with Crippen LogP contribution in [0.3, 0.4) is 0 Å². The smallest absolute Gasteiger partial charge is 0.315 e. The van der Waals surface area contributed by atoms with E-state index < -0.39 is 16.8 Å². The third-order valence-corrected chi connectivity index (χ3v) is 9.24. The molecule has 2 saturated heterocycles. The van der Waals surface area contributed by atoms with Crippen molar-refractivity contribution in [2.45, 2.75) is 28.6 Å². The van der Waals surface area contributed by atoms with Gasteiger partial charge < -0.3 is 25.8 Å². The van der Waals surface area contributed by atoms with Gasteiger partial charge in [0, 0.05) is 24.1 Å². The Bertz CT molecular complexity index is 1050. The zero-order valence-electron chi connectivity index (χ0n) is 17.2. The second-order valence-electron chi connectivity index (χ2n) is 7.42. The Hall–Kier alpha value is -2.51. The van der Waals surface area contributed by atoms with Crippen molar-refractivity contribution in [2.75, 3.05) is 25.1 Å². The fourth-order valence-electron chi connectivity index (χ4n) is 3.72. The summed E-state index contributed by atoms with van der Waals surface area (Å²) >= 11 is 3.89. The number of carboxylic acids is 1. The van der Waals surface area contributed by atoms with Crippen LogP contribution in [-0.2, 0) is 14.4 Å². The van der Waals surface area contributed by atoms with E-state index in [1.54, 1.807) is 4.90 Å². The fourth-order valence-corrected chi connectivity index (χ4v) is 7.67. The Balaban J connectivity index is 1.63. The number of nitrogen functional groups attached to an aromatic ring is 1. The predicted molar refractivity (Wildman–Crippen MR) is 122 cm³/mol. The number of thiophene rings is 1. The van der Waals surface area contributed by atoms with E-state index >= 15 is 0 Å². The molecule has 0 aliphatic carbocycles. The van der Waals surface area contributed by atoms with Crippen molar-refractivity contribution in [3.63, 3.8) is 0 Å². The largest absolute Gasteiger partial charge is 0.481 e. The lowest BCUT2D eigenvalue weighted by Crippen LogP contribution is -2.70. The van der Waals surface area contributed by atoms with Crippen LogP contribution in [0.5, 0.6) is 5.88 Å². The van der Waals surface area contributed by atoms with Gasteiger partial charge in [-0.05, 0) is 11.4 Å². The summed E-state index contributed by atoms with van der Waals surface area (Å²) in [5.41, 5.74) is 4.46. The number of carboxylic acid groups (broad SMARTS) is 1. The van der Waals surface area contributed by atoms with Crippen LogP contribution in [0.15, 0.2) is 28.7 Å². The highest BCUT2D eigenvalue weighted by Gasteiger charge is 2.62. The molecule has 0 saturated carbocycles. The number of aromatic nitrogens is 2. The van der Waals surface area contributed by atoms with E-state index in [-0.39, 0.29) is 47.1 Å². The molecule has 2 aliphatic rings. The maximum atomic E-state index is 12.9. The topological polar surface area (TPSA) is 148 Å². The number of β-lactam (4-membered cyclic amide) rings is 1. The van der Waals surface area contributed by atoms with Gasteiger partial charge in [-0.3, -0.25) is 14.4 Å². The van der Waals surface area contributed by atoms with Crippen LogP contribution < -0.4 is 15.8 Å². The predicted octanol–water partition coefficient (Wildman–Crippen LogP) is 1.45. The second kappa shape index (κ2) is 8.79. The van der Waals surface area contributed by atoms with Gasteiger partial charge in [0.1, 0.15) is 16.4 Å². The van der Waals surface area contributed by atoms with E-state index in [2.05, 4.69) is 15.3 Å². The molecular formula is C19H21N5O5S3. The van der Waals surface area contributed by atoms with Gasteiger partial charge in [0.15, 0.2) is 5.82 Å². The number of nitrogens with two attached hydrogens (primary N) is 1. The third-order valence-electron chi connectivity index (χ3n) is 5.40. The number of hydrogen-bond acceptors (Lipinski definition) is 10. The maximum absolute atomic E-state index is 12.9. The molecule has 2 amide bonds. The van der Waals surface area contributed by atoms with Crippen LogP contribution in [0.25, 0.3) is 0 Å². The molecule has 170 valence electrons. The van der Waals surface area contributed by atoms with Gasteiger partial charge in [0.2, 0.25) is 17.7 Å². The average molecular weight is 496 g/mol. The van der Waals surface area contributed by atoms with Gasteiger partial charge in [0.05, 0.1) is 24.1 Å². The summed E-state index contributed by atoms with van der Waals surface area (Å²) < 4.78 is 5.08. The number of nitrogens with one attached hydrogen (secondary N) is 1. The molecule has 2 fully saturated rings. The minimum Gasteiger partial charge on any atom is -0.481 e. The summed E-state index contributed by atoms with van der Waals surface area (Å²) in [7, 11) is 1.44. The van der Waals surface area contributed by atoms with Crippen LogP contribution in [0.2, 0.25) is 0 Å². The number of ether oxygens (including phenoxy) is 1. The summed E-state index contributed by atoms with van der Waals surface area (Å²) in [6.07, 6.45) is 1.37. The molecule has 0 aromatic carbocycles. The Morgan fingerprint density at radius 3 is 2.91 bits per heavy atom. The SMILES string of the molecule is COc1cnc(N)c(SCC2(C(=O)O)CN3C(=O)C(c4cccs4)[C@H]3SC2NC(C)=O)n1. The van der Waals surface area contributed by atoms with E-state index in [0.29, 0.717) is 5.03 Å². The van der Waals surface area contributed by atoms with E-state index in [9.17, 15) is 19.5 Å². The number of fused-ring (bicyclic) bond motifs is 1. The molecule has 32 heavy (non-hydrogen) atoms. The highest BCUT2D eigenvalue weighted by atomic mass is 32.2. The lowest BCUT2D eigenvalue weighted by Gasteiger charge is -2.56. The number of carbonyl (C=O) groups excluding carboxylic acids is 2. The molecule has 2 aromatic heterocycles. The normalized spacial score (nSPS) is 26.8. The average Bonchev–Trinajstić information content (AvgIpc) is 3.27. The Kier molecular flexibility index (Phi) is 6.23. The third kappa shape index (κ3) is 3.88. The molecule has 4 N–H and O–H groups in total. The maximum Gasteiger partial charge on any atom is 0.315 e. The fraction of sp³-hybridized carbons (Fsp3) is 0.421. The summed E-state index contributed by atoms with van der Waals surface area (Å²) in [5.74, 6) is -1.49. The van der Waals surface area contributed by atoms with Gasteiger partial charge in [-0.15, -0.1) is 34.9 Å². The lowest BCUT2D eigenvalue weighted by molar-refractivity contribution is -0.157. The van der Waals surface area contributed by atoms with Crippen LogP contribution in [-0.4, -0.2) is 67.9 Å². The minimum atomic E-state index is -1.45. The summed E-state index contributed by atoms with van der Waals surface area (Å²) in [6, 6.07) is 3.78. The molecule has 0 bridgehead atoms. The van der Waals surface area contributed by atoms with Gasteiger partial charge in [-0.2, -0.15) is 0 Å². The number of hydrogen-bond donors (Lipinski definition) is 3. The molecule has 3 unspecified atom stereocenters. The van der Waals surface area contributed by atoms with E-state index in [1.807, 2.05) is 17.5 Å². The van der Waals surface area contributed by atoms with Crippen LogP contribution in [0, 0.1) is 5.41 Å². The molecule has 0 radical (unpaired) electrons. The zero-order chi connectivity index (χ0) is 23.0. The van der Waals surface area contributed by atoms with Crippen molar-refractivity contribution in [2.24, 2.45) is 5.41 Å². The summed E-state index contributed by atoms with van der Waals surface area (Å²) in [6.45, 7) is 1.32. The monoisotopic (exact) mass is 495 g/mol. The van der Waals surface area contributed by atoms with E-state index in [0.717, 1.165) is 16.6 Å². The summed E-state index contributed by atoms with van der Waals surface area (Å²) in [5, 5.41) is 14.3. The Morgan fingerprint density at radius 2 is 2.28 bits per heavy atom. The Morgan fingerprint density at radius 1 is 1.50 bits per heavy atom. The first-order valence-electron chi connectivity index (χ1n) is 9.56. The summed E-state index contributed by atoms with van der Waals surface area (Å²) in [4.78, 5) is 48.2. The zero-order valence-corrected chi connectivity index (χ0v) is 19.6. The molecule has 13 heteroatoms. The van der Waals surface area contributed by atoms with E-state index in [4.69, 9.17) is 10.5 Å². The molecular weight excluding hydrogens is 474 g/mol. The van der Waals surface area contributed by atoms with Crippen LogP contribution in [0.1, 0.15) is 17.7 Å². The molecule has 10 nitrogen and oxygen atoms in total. The number of carbonyl (C=O) groups is 3. The highest BCUT2D eigenvalue weighted by molar-refractivity contribution is 8.01. The van der Waals surface area contributed by atoms with Crippen molar-refractivity contribution >= 4 is 58.5 Å². The van der Waals surface area contributed by atoms with Crippen molar-refractivity contribution in [1.29, 1.82) is 0 Å². The quantitative estimate of drug-likeness (QED) is 0.381. The van der Waals surface area contributed by atoms with Crippen molar-refractivity contribution in [3.8, 4) is 5.88 Å². The first-order valence-corrected chi connectivity index (χ1v) is 12.4. The number of rotatable bonds is 7. The Labute approximate surface area is 196 Å². The lowest BCUT2D eigenvalue weighted by atomic mass is 9.84. The highest BCUT2D eigenvalue weighted by Crippen LogP contribution is 2.53. The first kappa shape index (κ1) is 22.7. The van der Waals surface area contributed by atoms with Gasteiger partial charge in [-0.25, -0.2) is 9.97 Å². The minimum absolute atomic E-state index is 0.0203. The van der Waals surface area contributed by atoms with Crippen molar-refractivity contribution < 1.29 is 24.2 Å². The molecule has 2 aliphatic heterocycles. The second-order valence-corrected chi connectivity index (χ2v) is 10.6. The van der Waals surface area contributed by atoms with Crippen molar-refractivity contribution in [3.05, 3.63) is 28.6 Å². The number of nitrogens with zero attached hydrogens (tertiary/aromatic N) is 3. The number of aliphatic carboxylic acids is 1. The number of thioether (sulfide) groups is 2.